The minimum Gasteiger partial charge on any atom is -0.489 e. The summed E-state index contributed by atoms with van der Waals surface area (Å²) in [6.07, 6.45) is 1.11. The van der Waals surface area contributed by atoms with Crippen LogP contribution >= 0.6 is 12.6 Å². The summed E-state index contributed by atoms with van der Waals surface area (Å²) in [5.74, 6) is 0.378. The Labute approximate surface area is 100 Å². The van der Waals surface area contributed by atoms with Crippen molar-refractivity contribution in [1.29, 1.82) is 0 Å². The number of hydrogen-bond donors (Lipinski definition) is 1. The van der Waals surface area contributed by atoms with Gasteiger partial charge in [-0.2, -0.15) is 0 Å². The first-order valence-corrected chi connectivity index (χ1v) is 5.34. The van der Waals surface area contributed by atoms with E-state index in [0.29, 0.717) is 23.0 Å². The van der Waals surface area contributed by atoms with Crippen molar-refractivity contribution in [3.8, 4) is 11.5 Å². The Hall–Kier alpha value is -1.42. The maximum Gasteiger partial charge on any atom is 0.335 e. The van der Waals surface area contributed by atoms with Crippen LogP contribution in [0, 0.1) is 6.92 Å². The van der Waals surface area contributed by atoms with Gasteiger partial charge in [0.05, 0.1) is 11.5 Å². The van der Waals surface area contributed by atoms with Crippen molar-refractivity contribution in [3.05, 3.63) is 30.4 Å². The summed E-state index contributed by atoms with van der Waals surface area (Å²) in [7, 11) is 0. The molecule has 0 fully saturated rings. The number of carbonyl (C=O) groups is 1. The summed E-state index contributed by atoms with van der Waals surface area (Å²) in [5.41, 5.74) is 0.816. The minimum absolute atomic E-state index is 0.402. The third-order valence-corrected chi connectivity index (χ3v) is 2.30. The smallest absolute Gasteiger partial charge is 0.335 e. The normalized spacial score (nSPS) is 9.69. The SMILES string of the molecule is C=CC(=O)Oc1c(C)ccc(S)c1OCC. The highest BCUT2D eigenvalue weighted by Crippen LogP contribution is 2.36. The molecule has 0 radical (unpaired) electrons. The van der Waals surface area contributed by atoms with E-state index in [9.17, 15) is 4.79 Å². The second-order valence-electron chi connectivity index (χ2n) is 3.12. The van der Waals surface area contributed by atoms with E-state index < -0.39 is 5.97 Å². The third kappa shape index (κ3) is 2.79. The predicted octanol–water partition coefficient (Wildman–Crippen LogP) is 2.77. The zero-order valence-corrected chi connectivity index (χ0v) is 10.2. The maximum atomic E-state index is 11.2. The molecule has 86 valence electrons. The summed E-state index contributed by atoms with van der Waals surface area (Å²) in [6, 6.07) is 3.62. The van der Waals surface area contributed by atoms with Gasteiger partial charge in [-0.3, -0.25) is 0 Å². The van der Waals surface area contributed by atoms with E-state index in [1.807, 2.05) is 19.9 Å². The summed E-state index contributed by atoms with van der Waals surface area (Å²) in [6.45, 7) is 7.52. The molecule has 0 aliphatic heterocycles. The molecule has 0 bridgehead atoms. The molecule has 0 atom stereocenters. The summed E-state index contributed by atoms with van der Waals surface area (Å²) in [5, 5.41) is 0. The molecule has 0 heterocycles. The molecule has 0 N–H and O–H groups in total. The van der Waals surface area contributed by atoms with Crippen molar-refractivity contribution in [2.24, 2.45) is 0 Å². The van der Waals surface area contributed by atoms with Gasteiger partial charge in [-0.25, -0.2) is 4.79 Å². The van der Waals surface area contributed by atoms with E-state index in [1.165, 1.54) is 0 Å². The van der Waals surface area contributed by atoms with Crippen LogP contribution in [0.25, 0.3) is 0 Å². The molecule has 0 amide bonds. The van der Waals surface area contributed by atoms with Gasteiger partial charge < -0.3 is 9.47 Å². The first kappa shape index (κ1) is 12.6. The third-order valence-electron chi connectivity index (χ3n) is 1.95. The second kappa shape index (κ2) is 5.61. The highest BCUT2D eigenvalue weighted by molar-refractivity contribution is 7.80. The zero-order valence-electron chi connectivity index (χ0n) is 9.32. The highest BCUT2D eigenvalue weighted by Gasteiger charge is 2.14. The summed E-state index contributed by atoms with van der Waals surface area (Å²) in [4.78, 5) is 11.8. The molecule has 0 aliphatic carbocycles. The van der Waals surface area contributed by atoms with Crippen molar-refractivity contribution in [2.45, 2.75) is 18.7 Å². The summed E-state index contributed by atoms with van der Waals surface area (Å²) < 4.78 is 10.5. The Bertz CT molecular complexity index is 413. The zero-order chi connectivity index (χ0) is 12.1. The molecule has 0 unspecified atom stereocenters. The van der Waals surface area contributed by atoms with Crippen molar-refractivity contribution in [2.75, 3.05) is 6.61 Å². The van der Waals surface area contributed by atoms with Crippen LogP contribution in [0.15, 0.2) is 29.7 Å². The van der Waals surface area contributed by atoms with E-state index in [1.54, 1.807) is 6.07 Å². The Morgan fingerprint density at radius 3 is 2.75 bits per heavy atom. The fourth-order valence-electron chi connectivity index (χ4n) is 1.20. The van der Waals surface area contributed by atoms with Gasteiger partial charge in [0.25, 0.3) is 0 Å². The fourth-order valence-corrected chi connectivity index (χ4v) is 1.44. The standard InChI is InChI=1S/C12H14O3S/c1-4-10(13)15-11-8(3)6-7-9(16)12(11)14-5-2/h4,6-7,16H,1,5H2,2-3H3. The first-order valence-electron chi connectivity index (χ1n) is 4.89. The van der Waals surface area contributed by atoms with Gasteiger partial charge >= 0.3 is 5.97 Å². The van der Waals surface area contributed by atoms with Gasteiger partial charge in [0.15, 0.2) is 11.5 Å². The van der Waals surface area contributed by atoms with E-state index in [4.69, 9.17) is 9.47 Å². The van der Waals surface area contributed by atoms with Crippen LogP contribution in [-0.4, -0.2) is 12.6 Å². The highest BCUT2D eigenvalue weighted by atomic mass is 32.1. The Balaban J connectivity index is 3.16. The maximum absolute atomic E-state index is 11.2. The van der Waals surface area contributed by atoms with Gasteiger partial charge in [0, 0.05) is 6.08 Å². The number of ether oxygens (including phenoxy) is 2. The van der Waals surface area contributed by atoms with Crippen molar-refractivity contribution < 1.29 is 14.3 Å². The predicted molar refractivity (Wildman–Crippen MR) is 65.4 cm³/mol. The van der Waals surface area contributed by atoms with E-state index in [2.05, 4.69) is 19.2 Å². The molecular formula is C12H14O3S. The Kier molecular flexibility index (Phi) is 4.43. The van der Waals surface area contributed by atoms with Crippen LogP contribution in [0.1, 0.15) is 12.5 Å². The van der Waals surface area contributed by atoms with Crippen LogP contribution in [0.4, 0.5) is 0 Å². The summed E-state index contributed by atoms with van der Waals surface area (Å²) >= 11 is 4.26. The van der Waals surface area contributed by atoms with Gasteiger partial charge in [0.2, 0.25) is 0 Å². The van der Waals surface area contributed by atoms with E-state index in [-0.39, 0.29) is 0 Å². The lowest BCUT2D eigenvalue weighted by molar-refractivity contribution is -0.129. The number of esters is 1. The fraction of sp³-hybridized carbons (Fsp3) is 0.250. The monoisotopic (exact) mass is 238 g/mol. The quantitative estimate of drug-likeness (QED) is 0.379. The Morgan fingerprint density at radius 1 is 1.50 bits per heavy atom. The number of thiol groups is 1. The van der Waals surface area contributed by atoms with Crippen molar-refractivity contribution in [3.63, 3.8) is 0 Å². The van der Waals surface area contributed by atoms with Crippen LogP contribution in [0.5, 0.6) is 11.5 Å². The number of benzene rings is 1. The van der Waals surface area contributed by atoms with E-state index in [0.717, 1.165) is 11.6 Å². The van der Waals surface area contributed by atoms with E-state index >= 15 is 0 Å². The molecule has 0 aromatic heterocycles. The lowest BCUT2D eigenvalue weighted by Crippen LogP contribution is -2.07. The van der Waals surface area contributed by atoms with Crippen LogP contribution < -0.4 is 9.47 Å². The molecule has 1 aromatic rings. The van der Waals surface area contributed by atoms with Gasteiger partial charge in [-0.05, 0) is 25.5 Å². The second-order valence-corrected chi connectivity index (χ2v) is 3.60. The lowest BCUT2D eigenvalue weighted by Gasteiger charge is -2.13. The van der Waals surface area contributed by atoms with Crippen LogP contribution in [0.3, 0.4) is 0 Å². The molecule has 0 saturated carbocycles. The van der Waals surface area contributed by atoms with Gasteiger partial charge in [0.1, 0.15) is 0 Å². The molecule has 0 saturated heterocycles. The molecule has 16 heavy (non-hydrogen) atoms. The van der Waals surface area contributed by atoms with Gasteiger partial charge in [-0.15, -0.1) is 12.6 Å². The molecule has 3 nitrogen and oxygen atoms in total. The topological polar surface area (TPSA) is 35.5 Å². The Morgan fingerprint density at radius 2 is 2.19 bits per heavy atom. The average molecular weight is 238 g/mol. The van der Waals surface area contributed by atoms with Crippen LogP contribution in [0.2, 0.25) is 0 Å². The molecule has 1 aromatic carbocycles. The molecule has 0 spiro atoms. The molecular weight excluding hydrogens is 224 g/mol. The van der Waals surface area contributed by atoms with Crippen molar-refractivity contribution in [1.82, 2.24) is 0 Å². The molecule has 1 rings (SSSR count). The molecule has 4 heteroatoms. The van der Waals surface area contributed by atoms with Crippen LogP contribution in [-0.2, 0) is 4.79 Å². The largest absolute Gasteiger partial charge is 0.489 e. The average Bonchev–Trinajstić information content (AvgIpc) is 2.28. The minimum atomic E-state index is -0.511. The molecule has 0 aliphatic rings. The van der Waals surface area contributed by atoms with Gasteiger partial charge in [-0.1, -0.05) is 12.6 Å². The first-order chi connectivity index (χ1) is 7.60. The number of aryl methyl sites for hydroxylation is 1. The van der Waals surface area contributed by atoms with Crippen molar-refractivity contribution >= 4 is 18.6 Å². The number of carbonyl (C=O) groups excluding carboxylic acids is 1. The lowest BCUT2D eigenvalue weighted by atomic mass is 10.2. The number of hydrogen-bond acceptors (Lipinski definition) is 4. The number of rotatable bonds is 4.